The Hall–Kier alpha value is -4.86. The van der Waals surface area contributed by atoms with Gasteiger partial charge in [0.1, 0.15) is 37.6 Å². The van der Waals surface area contributed by atoms with Crippen molar-refractivity contribution in [3.8, 4) is 5.75 Å². The third-order valence-corrected chi connectivity index (χ3v) is 5.80. The van der Waals surface area contributed by atoms with Gasteiger partial charge in [0.05, 0.1) is 7.11 Å². The molecule has 3 rings (SSSR count). The SMILES string of the molecule is COc1ccc(COC(=O)NCC(=O)N[C@@H](C)C(=O)N[C@H](Cc2ccccc2)C(=O)OCc2ccccc2)cc1. The highest BCUT2D eigenvalue weighted by atomic mass is 16.5. The number of rotatable bonds is 13. The zero-order valence-electron chi connectivity index (χ0n) is 22.4. The fourth-order valence-electron chi connectivity index (χ4n) is 3.60. The molecule has 10 nitrogen and oxygen atoms in total. The highest BCUT2D eigenvalue weighted by Gasteiger charge is 2.26. The van der Waals surface area contributed by atoms with Crippen molar-refractivity contribution in [3.63, 3.8) is 0 Å². The summed E-state index contributed by atoms with van der Waals surface area (Å²) in [4.78, 5) is 50.0. The molecule has 0 aromatic heterocycles. The average Bonchev–Trinajstić information content (AvgIpc) is 2.98. The molecule has 3 aromatic rings. The predicted molar refractivity (Wildman–Crippen MR) is 147 cm³/mol. The van der Waals surface area contributed by atoms with Crippen LogP contribution in [0.2, 0.25) is 0 Å². The van der Waals surface area contributed by atoms with Gasteiger partial charge in [-0.05, 0) is 35.7 Å². The molecule has 3 N–H and O–H groups in total. The number of methoxy groups -OCH3 is 1. The Morgan fingerprint density at radius 2 is 1.30 bits per heavy atom. The number of alkyl carbamates (subject to hydrolysis) is 1. The summed E-state index contributed by atoms with van der Waals surface area (Å²) in [7, 11) is 1.55. The smallest absolute Gasteiger partial charge is 0.407 e. The lowest BCUT2D eigenvalue weighted by Gasteiger charge is -2.21. The number of carbonyl (C=O) groups is 4. The Morgan fingerprint density at radius 3 is 1.93 bits per heavy atom. The van der Waals surface area contributed by atoms with E-state index >= 15 is 0 Å². The third-order valence-electron chi connectivity index (χ3n) is 5.80. The van der Waals surface area contributed by atoms with Crippen molar-refractivity contribution in [3.05, 3.63) is 102 Å². The lowest BCUT2D eigenvalue weighted by atomic mass is 10.1. The van der Waals surface area contributed by atoms with Crippen LogP contribution in [0.3, 0.4) is 0 Å². The van der Waals surface area contributed by atoms with Crippen LogP contribution >= 0.6 is 0 Å². The van der Waals surface area contributed by atoms with Crippen LogP contribution in [0, 0.1) is 0 Å². The molecule has 0 aliphatic heterocycles. The van der Waals surface area contributed by atoms with Gasteiger partial charge in [-0.25, -0.2) is 9.59 Å². The second-order valence-corrected chi connectivity index (χ2v) is 8.91. The maximum absolute atomic E-state index is 12.9. The number of amides is 3. The summed E-state index contributed by atoms with van der Waals surface area (Å²) in [5, 5.41) is 7.51. The standard InChI is InChI=1S/C30H33N3O7/c1-21(32-27(34)18-31-30(37)40-20-24-13-15-25(38-2)16-14-24)28(35)33-26(17-22-9-5-3-6-10-22)29(36)39-19-23-11-7-4-8-12-23/h3-16,21,26H,17-20H2,1-2H3,(H,31,37)(H,32,34)(H,33,35)/t21-,26+/m0/s1. The van der Waals surface area contributed by atoms with Gasteiger partial charge in [-0.1, -0.05) is 72.8 Å². The van der Waals surface area contributed by atoms with Crippen molar-refractivity contribution in [1.82, 2.24) is 16.0 Å². The number of esters is 1. The van der Waals surface area contributed by atoms with Crippen LogP contribution in [0.15, 0.2) is 84.9 Å². The molecule has 0 aliphatic carbocycles. The zero-order valence-corrected chi connectivity index (χ0v) is 22.4. The van der Waals surface area contributed by atoms with Gasteiger partial charge in [0.25, 0.3) is 0 Å². The molecule has 0 saturated heterocycles. The van der Waals surface area contributed by atoms with Crippen LogP contribution in [0.25, 0.3) is 0 Å². The van der Waals surface area contributed by atoms with Crippen LogP contribution < -0.4 is 20.7 Å². The molecule has 0 aliphatic rings. The molecule has 3 aromatic carbocycles. The van der Waals surface area contributed by atoms with Gasteiger partial charge in [-0.2, -0.15) is 0 Å². The zero-order chi connectivity index (χ0) is 28.7. The quantitative estimate of drug-likeness (QED) is 0.280. The van der Waals surface area contributed by atoms with E-state index in [1.54, 1.807) is 31.4 Å². The van der Waals surface area contributed by atoms with Crippen molar-refractivity contribution in [2.75, 3.05) is 13.7 Å². The first kappa shape index (κ1) is 29.7. The molecular formula is C30H33N3O7. The number of hydrogen-bond acceptors (Lipinski definition) is 7. The van der Waals surface area contributed by atoms with E-state index in [4.69, 9.17) is 14.2 Å². The van der Waals surface area contributed by atoms with Gasteiger partial charge in [-0.15, -0.1) is 0 Å². The lowest BCUT2D eigenvalue weighted by Crippen LogP contribution is -2.52. The van der Waals surface area contributed by atoms with Crippen molar-refractivity contribution < 1.29 is 33.4 Å². The lowest BCUT2D eigenvalue weighted by molar-refractivity contribution is -0.149. The molecule has 0 unspecified atom stereocenters. The minimum atomic E-state index is -0.982. The van der Waals surface area contributed by atoms with E-state index in [9.17, 15) is 19.2 Å². The number of benzene rings is 3. The molecule has 0 radical (unpaired) electrons. The summed E-state index contributed by atoms with van der Waals surface area (Å²) in [5.41, 5.74) is 2.40. The summed E-state index contributed by atoms with van der Waals surface area (Å²) in [5.74, 6) is -1.09. The van der Waals surface area contributed by atoms with E-state index < -0.39 is 42.5 Å². The Morgan fingerprint density at radius 1 is 0.725 bits per heavy atom. The van der Waals surface area contributed by atoms with E-state index in [0.29, 0.717) is 5.75 Å². The summed E-state index contributed by atoms with van der Waals surface area (Å²) in [6.45, 7) is 1.16. The number of nitrogens with one attached hydrogen (secondary N) is 3. The molecule has 0 fully saturated rings. The molecule has 0 bridgehead atoms. The van der Waals surface area contributed by atoms with Crippen LogP contribution in [0.5, 0.6) is 5.75 Å². The number of hydrogen-bond donors (Lipinski definition) is 3. The van der Waals surface area contributed by atoms with Gasteiger partial charge < -0.3 is 30.2 Å². The Labute approximate surface area is 233 Å². The Bertz CT molecular complexity index is 1250. The maximum atomic E-state index is 12.9. The van der Waals surface area contributed by atoms with Gasteiger partial charge in [0.2, 0.25) is 11.8 Å². The van der Waals surface area contributed by atoms with Gasteiger partial charge in [0, 0.05) is 6.42 Å². The molecule has 0 saturated carbocycles. The second kappa shape index (κ2) is 15.5. The van der Waals surface area contributed by atoms with Crippen molar-refractivity contribution in [2.45, 2.75) is 38.6 Å². The van der Waals surface area contributed by atoms with E-state index in [1.807, 2.05) is 60.7 Å². The normalized spacial score (nSPS) is 11.8. The average molecular weight is 548 g/mol. The molecule has 0 heterocycles. The highest BCUT2D eigenvalue weighted by Crippen LogP contribution is 2.12. The van der Waals surface area contributed by atoms with Crippen molar-refractivity contribution >= 4 is 23.9 Å². The number of carbonyl (C=O) groups excluding carboxylic acids is 4. The molecule has 0 spiro atoms. The molecule has 10 heteroatoms. The van der Waals surface area contributed by atoms with Gasteiger partial charge in [-0.3, -0.25) is 9.59 Å². The van der Waals surface area contributed by atoms with Gasteiger partial charge >= 0.3 is 12.1 Å². The topological polar surface area (TPSA) is 132 Å². The third kappa shape index (κ3) is 10.1. The van der Waals surface area contributed by atoms with E-state index in [-0.39, 0.29) is 19.6 Å². The maximum Gasteiger partial charge on any atom is 0.407 e. The Kier molecular flexibility index (Phi) is 11.5. The summed E-state index contributed by atoms with van der Waals surface area (Å²) in [6.07, 6.45) is -0.574. The largest absolute Gasteiger partial charge is 0.497 e. The summed E-state index contributed by atoms with van der Waals surface area (Å²) in [6, 6.07) is 23.4. The highest BCUT2D eigenvalue weighted by molar-refractivity contribution is 5.91. The minimum Gasteiger partial charge on any atom is -0.497 e. The van der Waals surface area contributed by atoms with E-state index in [0.717, 1.165) is 16.7 Å². The van der Waals surface area contributed by atoms with E-state index in [1.165, 1.54) is 6.92 Å². The fraction of sp³-hybridized carbons (Fsp3) is 0.267. The predicted octanol–water partition coefficient (Wildman–Crippen LogP) is 2.90. The molecule has 2 atom stereocenters. The summed E-state index contributed by atoms with van der Waals surface area (Å²) < 4.78 is 15.6. The van der Waals surface area contributed by atoms with Crippen LogP contribution in [-0.4, -0.2) is 49.6 Å². The molecule has 210 valence electrons. The number of ether oxygens (including phenoxy) is 3. The fourth-order valence-corrected chi connectivity index (χ4v) is 3.60. The van der Waals surface area contributed by atoms with Crippen molar-refractivity contribution in [1.29, 1.82) is 0 Å². The van der Waals surface area contributed by atoms with E-state index in [2.05, 4.69) is 16.0 Å². The first-order valence-electron chi connectivity index (χ1n) is 12.7. The molecular weight excluding hydrogens is 514 g/mol. The van der Waals surface area contributed by atoms with Crippen molar-refractivity contribution in [2.24, 2.45) is 0 Å². The van der Waals surface area contributed by atoms with Crippen LogP contribution in [-0.2, 0) is 43.5 Å². The van der Waals surface area contributed by atoms with Crippen LogP contribution in [0.1, 0.15) is 23.6 Å². The first-order valence-corrected chi connectivity index (χ1v) is 12.7. The Balaban J connectivity index is 1.47. The molecule has 3 amide bonds. The van der Waals surface area contributed by atoms with Gasteiger partial charge in [0.15, 0.2) is 0 Å². The monoisotopic (exact) mass is 547 g/mol. The first-order chi connectivity index (χ1) is 19.3. The van der Waals surface area contributed by atoms with Crippen LogP contribution in [0.4, 0.5) is 4.79 Å². The molecule has 40 heavy (non-hydrogen) atoms. The second-order valence-electron chi connectivity index (χ2n) is 8.91. The summed E-state index contributed by atoms with van der Waals surface area (Å²) >= 11 is 0. The minimum absolute atomic E-state index is 0.0133.